The number of nitrogen functional groups attached to an aromatic ring is 1. The molecular weight excluding hydrogens is 314 g/mol. The van der Waals surface area contributed by atoms with E-state index >= 15 is 0 Å². The molecule has 4 N–H and O–H groups in total. The van der Waals surface area contributed by atoms with Crippen LogP contribution in [-0.2, 0) is 10.0 Å². The van der Waals surface area contributed by atoms with Crippen LogP contribution in [0.25, 0.3) is 0 Å². The zero-order chi connectivity index (χ0) is 15.5. The molecule has 0 unspecified atom stereocenters. The Bertz CT molecular complexity index is 733. The molecule has 112 valence electrons. The van der Waals surface area contributed by atoms with E-state index in [9.17, 15) is 8.42 Å². The molecule has 0 amide bonds. The quantitative estimate of drug-likeness (QED) is 0.579. The van der Waals surface area contributed by atoms with Gasteiger partial charge in [0.15, 0.2) is 0 Å². The minimum absolute atomic E-state index is 0.121. The highest BCUT2D eigenvalue weighted by molar-refractivity contribution is 7.92. The first kappa shape index (κ1) is 15.4. The Morgan fingerprint density at radius 1 is 1.10 bits per heavy atom. The summed E-state index contributed by atoms with van der Waals surface area (Å²) in [5.74, 6) is 5.63. The lowest BCUT2D eigenvalue weighted by atomic mass is 10.3. The van der Waals surface area contributed by atoms with Crippen molar-refractivity contribution >= 4 is 33.0 Å². The van der Waals surface area contributed by atoms with E-state index in [4.69, 9.17) is 22.2 Å². The number of nitrogens with one attached hydrogen (secondary N) is 2. The van der Waals surface area contributed by atoms with E-state index < -0.39 is 10.0 Å². The lowest BCUT2D eigenvalue weighted by Crippen LogP contribution is -2.13. The Labute approximate surface area is 127 Å². The van der Waals surface area contributed by atoms with Crippen LogP contribution in [0.3, 0.4) is 0 Å². The van der Waals surface area contributed by atoms with Crippen molar-refractivity contribution in [2.45, 2.75) is 4.90 Å². The number of anilines is 2. The number of sulfonamides is 1. The zero-order valence-electron chi connectivity index (χ0n) is 11.1. The van der Waals surface area contributed by atoms with Crippen LogP contribution in [0.5, 0.6) is 5.75 Å². The second-order valence-electron chi connectivity index (χ2n) is 4.12. The summed E-state index contributed by atoms with van der Waals surface area (Å²) in [5.41, 5.74) is 3.40. The molecule has 2 aromatic rings. The minimum atomic E-state index is -3.69. The average Bonchev–Trinajstić information content (AvgIpc) is 2.49. The van der Waals surface area contributed by atoms with Gasteiger partial charge >= 0.3 is 0 Å². The van der Waals surface area contributed by atoms with Gasteiger partial charge in [-0.3, -0.25) is 10.6 Å². The maximum absolute atomic E-state index is 12.2. The van der Waals surface area contributed by atoms with Crippen LogP contribution in [0.15, 0.2) is 47.4 Å². The molecule has 0 fully saturated rings. The third kappa shape index (κ3) is 3.57. The van der Waals surface area contributed by atoms with Crippen molar-refractivity contribution in [1.29, 1.82) is 0 Å². The lowest BCUT2D eigenvalue weighted by molar-refractivity contribution is 0.415. The number of hydrogen-bond donors (Lipinski definition) is 3. The molecule has 21 heavy (non-hydrogen) atoms. The molecule has 0 aliphatic heterocycles. The van der Waals surface area contributed by atoms with E-state index in [0.717, 1.165) is 0 Å². The highest BCUT2D eigenvalue weighted by Gasteiger charge is 2.15. The molecule has 8 heteroatoms. The van der Waals surface area contributed by atoms with E-state index in [1.54, 1.807) is 24.3 Å². The molecule has 0 radical (unpaired) electrons. The predicted octanol–water partition coefficient (Wildman–Crippen LogP) is 2.44. The third-order valence-electron chi connectivity index (χ3n) is 2.73. The summed E-state index contributed by atoms with van der Waals surface area (Å²) in [6.45, 7) is 0. The summed E-state index contributed by atoms with van der Waals surface area (Å²) in [4.78, 5) is 0.121. The Hall–Kier alpha value is -1.96. The summed E-state index contributed by atoms with van der Waals surface area (Å²) >= 11 is 5.90. The van der Waals surface area contributed by atoms with E-state index in [2.05, 4.69) is 10.1 Å². The second-order valence-corrected chi connectivity index (χ2v) is 6.21. The van der Waals surface area contributed by atoms with Gasteiger partial charge < -0.3 is 10.2 Å². The summed E-state index contributed by atoms with van der Waals surface area (Å²) in [6.07, 6.45) is 0. The predicted molar refractivity (Wildman–Crippen MR) is 83.1 cm³/mol. The minimum Gasteiger partial charge on any atom is -0.495 e. The van der Waals surface area contributed by atoms with Gasteiger partial charge in [0.1, 0.15) is 5.75 Å². The van der Waals surface area contributed by atoms with Gasteiger partial charge in [0.2, 0.25) is 0 Å². The molecule has 0 aliphatic rings. The summed E-state index contributed by atoms with van der Waals surface area (Å²) in [7, 11) is -2.24. The highest BCUT2D eigenvalue weighted by atomic mass is 35.5. The first-order chi connectivity index (χ1) is 9.96. The van der Waals surface area contributed by atoms with Crippen molar-refractivity contribution in [2.24, 2.45) is 5.84 Å². The van der Waals surface area contributed by atoms with Crippen LogP contribution in [-0.4, -0.2) is 15.5 Å². The zero-order valence-corrected chi connectivity index (χ0v) is 12.7. The van der Waals surface area contributed by atoms with Gasteiger partial charge in [-0.15, -0.1) is 0 Å². The number of methoxy groups -OCH3 is 1. The standard InChI is InChI=1S/C13H14ClN3O3S/c1-20-13-8-10(4-7-12(13)14)17-21(18,19)11-5-2-9(16-15)3-6-11/h2-8,16-17H,15H2,1H3. The molecule has 0 atom stereocenters. The summed E-state index contributed by atoms with van der Waals surface area (Å²) < 4.78 is 32.0. The van der Waals surface area contributed by atoms with Crippen LogP contribution in [0.2, 0.25) is 5.02 Å². The smallest absolute Gasteiger partial charge is 0.261 e. The number of nitrogens with two attached hydrogens (primary N) is 1. The molecule has 0 aliphatic carbocycles. The Morgan fingerprint density at radius 3 is 2.29 bits per heavy atom. The molecule has 0 bridgehead atoms. The van der Waals surface area contributed by atoms with E-state index in [1.165, 1.54) is 25.3 Å². The molecule has 2 aromatic carbocycles. The lowest BCUT2D eigenvalue weighted by Gasteiger charge is -2.10. The largest absolute Gasteiger partial charge is 0.495 e. The number of rotatable bonds is 5. The Kier molecular flexibility index (Phi) is 4.56. The van der Waals surface area contributed by atoms with Crippen LogP contribution < -0.4 is 20.7 Å². The highest BCUT2D eigenvalue weighted by Crippen LogP contribution is 2.28. The van der Waals surface area contributed by atoms with Crippen LogP contribution in [0.1, 0.15) is 0 Å². The van der Waals surface area contributed by atoms with Gasteiger partial charge in [-0.25, -0.2) is 8.42 Å². The van der Waals surface area contributed by atoms with Crippen molar-refractivity contribution in [1.82, 2.24) is 0 Å². The molecule has 0 spiro atoms. The van der Waals surface area contributed by atoms with Crippen molar-refractivity contribution < 1.29 is 13.2 Å². The van der Waals surface area contributed by atoms with Crippen molar-refractivity contribution in [3.05, 3.63) is 47.5 Å². The first-order valence-electron chi connectivity index (χ1n) is 5.89. The number of benzene rings is 2. The van der Waals surface area contributed by atoms with Gasteiger partial charge in [0.05, 0.1) is 22.7 Å². The molecule has 0 saturated heterocycles. The fourth-order valence-corrected chi connectivity index (χ4v) is 2.91. The molecule has 0 aromatic heterocycles. The Balaban J connectivity index is 2.28. The average molecular weight is 328 g/mol. The second kappa shape index (κ2) is 6.21. The van der Waals surface area contributed by atoms with Crippen LogP contribution >= 0.6 is 11.6 Å². The van der Waals surface area contributed by atoms with Crippen molar-refractivity contribution in [3.8, 4) is 5.75 Å². The van der Waals surface area contributed by atoms with E-state index in [0.29, 0.717) is 22.1 Å². The SMILES string of the molecule is COc1cc(NS(=O)(=O)c2ccc(NN)cc2)ccc1Cl. The molecule has 2 rings (SSSR count). The van der Waals surface area contributed by atoms with Crippen molar-refractivity contribution in [2.75, 3.05) is 17.3 Å². The number of hydrazine groups is 1. The fourth-order valence-electron chi connectivity index (χ4n) is 1.67. The van der Waals surface area contributed by atoms with Gasteiger partial charge in [0.25, 0.3) is 10.0 Å². The van der Waals surface area contributed by atoms with Gasteiger partial charge in [-0.05, 0) is 36.4 Å². The third-order valence-corrected chi connectivity index (χ3v) is 4.44. The molecule has 0 heterocycles. The number of halogens is 1. The van der Waals surface area contributed by atoms with Crippen molar-refractivity contribution in [3.63, 3.8) is 0 Å². The topological polar surface area (TPSA) is 93.4 Å². The fraction of sp³-hybridized carbons (Fsp3) is 0.0769. The van der Waals surface area contributed by atoms with E-state index in [-0.39, 0.29) is 4.90 Å². The van der Waals surface area contributed by atoms with Gasteiger partial charge in [0, 0.05) is 11.8 Å². The summed E-state index contributed by atoms with van der Waals surface area (Å²) in [5, 5.41) is 0.402. The maximum Gasteiger partial charge on any atom is 0.261 e. The van der Waals surface area contributed by atoms with Crippen LogP contribution in [0, 0.1) is 0 Å². The molecule has 6 nitrogen and oxygen atoms in total. The Morgan fingerprint density at radius 2 is 1.71 bits per heavy atom. The number of ether oxygens (including phenoxy) is 1. The first-order valence-corrected chi connectivity index (χ1v) is 7.75. The van der Waals surface area contributed by atoms with Crippen LogP contribution in [0.4, 0.5) is 11.4 Å². The summed E-state index contributed by atoms with van der Waals surface area (Å²) in [6, 6.07) is 10.6. The maximum atomic E-state index is 12.2. The van der Waals surface area contributed by atoms with Gasteiger partial charge in [-0.2, -0.15) is 0 Å². The monoisotopic (exact) mass is 327 g/mol. The number of hydrogen-bond acceptors (Lipinski definition) is 5. The van der Waals surface area contributed by atoms with Gasteiger partial charge in [-0.1, -0.05) is 11.6 Å². The molecule has 0 saturated carbocycles. The van der Waals surface area contributed by atoms with E-state index in [1.807, 2.05) is 0 Å². The molecular formula is C13H14ClN3O3S. The normalized spacial score (nSPS) is 11.0.